The molecule has 4 heteroatoms. The summed E-state index contributed by atoms with van der Waals surface area (Å²) in [5.74, 6) is 0.186. The highest BCUT2D eigenvalue weighted by Crippen LogP contribution is 2.13. The molecule has 1 N–H and O–H groups in total. The van der Waals surface area contributed by atoms with Gasteiger partial charge in [-0.2, -0.15) is 0 Å². The molecule has 19 heavy (non-hydrogen) atoms. The zero-order valence-electron chi connectivity index (χ0n) is 11.4. The topological polar surface area (TPSA) is 32.3 Å². The van der Waals surface area contributed by atoms with Gasteiger partial charge < -0.3 is 10.2 Å². The average Bonchev–Trinajstić information content (AvgIpc) is 2.40. The molecule has 1 fully saturated rings. The van der Waals surface area contributed by atoms with Crippen molar-refractivity contribution in [2.75, 3.05) is 20.1 Å². The number of halogens is 1. The van der Waals surface area contributed by atoms with E-state index in [9.17, 15) is 4.79 Å². The van der Waals surface area contributed by atoms with Gasteiger partial charge in [0.15, 0.2) is 0 Å². The molecule has 1 heterocycles. The number of hydrogen-bond acceptors (Lipinski definition) is 2. The van der Waals surface area contributed by atoms with Crippen LogP contribution in [0.4, 0.5) is 0 Å². The molecule has 3 nitrogen and oxygen atoms in total. The minimum atomic E-state index is 0.186. The Kier molecular flexibility index (Phi) is 5.40. The van der Waals surface area contributed by atoms with Crippen LogP contribution in [0, 0.1) is 0 Å². The number of carbonyl (C=O) groups is 1. The zero-order chi connectivity index (χ0) is 13.7. The highest BCUT2D eigenvalue weighted by atomic mass is 79.9. The summed E-state index contributed by atoms with van der Waals surface area (Å²) in [7, 11) is 1.90. The Balaban J connectivity index is 1.84. The van der Waals surface area contributed by atoms with Gasteiger partial charge in [0.05, 0.1) is 6.42 Å². The Morgan fingerprint density at radius 2 is 2.32 bits per heavy atom. The van der Waals surface area contributed by atoms with Crippen LogP contribution in [-0.4, -0.2) is 37.0 Å². The summed E-state index contributed by atoms with van der Waals surface area (Å²) in [6.45, 7) is 1.89. The van der Waals surface area contributed by atoms with E-state index in [1.165, 1.54) is 19.3 Å². The second-order valence-corrected chi connectivity index (χ2v) is 6.14. The maximum Gasteiger partial charge on any atom is 0.226 e. The fraction of sp³-hybridized carbons (Fsp3) is 0.533. The highest BCUT2D eigenvalue weighted by molar-refractivity contribution is 9.10. The molecule has 0 radical (unpaired) electrons. The van der Waals surface area contributed by atoms with E-state index in [0.717, 1.165) is 23.1 Å². The number of nitrogens with one attached hydrogen (secondary N) is 1. The molecule has 1 aromatic carbocycles. The summed E-state index contributed by atoms with van der Waals surface area (Å²) in [6.07, 6.45) is 4.18. The summed E-state index contributed by atoms with van der Waals surface area (Å²) in [5, 5.41) is 3.48. The first-order chi connectivity index (χ1) is 9.15. The lowest BCUT2D eigenvalue weighted by Gasteiger charge is -2.28. The first-order valence-corrected chi connectivity index (χ1v) is 7.66. The number of hydrogen-bond donors (Lipinski definition) is 1. The van der Waals surface area contributed by atoms with Gasteiger partial charge in [0.2, 0.25) is 5.91 Å². The van der Waals surface area contributed by atoms with E-state index in [1.54, 1.807) is 0 Å². The van der Waals surface area contributed by atoms with Crippen LogP contribution in [0.5, 0.6) is 0 Å². The lowest BCUT2D eigenvalue weighted by Crippen LogP contribution is -2.44. The molecule has 104 valence electrons. The van der Waals surface area contributed by atoms with E-state index >= 15 is 0 Å². The number of rotatable bonds is 4. The SMILES string of the molecule is CN(CC1CCCCN1)C(=O)Cc1cccc(Br)c1. The van der Waals surface area contributed by atoms with Crippen LogP contribution in [0.3, 0.4) is 0 Å². The molecule has 0 bridgehead atoms. The van der Waals surface area contributed by atoms with Gasteiger partial charge in [-0.15, -0.1) is 0 Å². The van der Waals surface area contributed by atoms with Gasteiger partial charge in [0.1, 0.15) is 0 Å². The fourth-order valence-electron chi connectivity index (χ4n) is 2.47. The Morgan fingerprint density at radius 3 is 3.00 bits per heavy atom. The zero-order valence-corrected chi connectivity index (χ0v) is 12.9. The molecule has 1 saturated heterocycles. The normalized spacial score (nSPS) is 19.2. The molecule has 1 atom stereocenters. The maximum atomic E-state index is 12.2. The third-order valence-electron chi connectivity index (χ3n) is 3.58. The van der Waals surface area contributed by atoms with Crippen molar-refractivity contribution in [2.45, 2.75) is 31.7 Å². The van der Waals surface area contributed by atoms with Crippen molar-refractivity contribution in [2.24, 2.45) is 0 Å². The maximum absolute atomic E-state index is 12.2. The first-order valence-electron chi connectivity index (χ1n) is 6.87. The lowest BCUT2D eigenvalue weighted by molar-refractivity contribution is -0.129. The Morgan fingerprint density at radius 1 is 1.47 bits per heavy atom. The minimum Gasteiger partial charge on any atom is -0.344 e. The Labute approximate surface area is 123 Å². The van der Waals surface area contributed by atoms with E-state index in [-0.39, 0.29) is 5.91 Å². The van der Waals surface area contributed by atoms with Crippen molar-refractivity contribution in [3.63, 3.8) is 0 Å². The van der Waals surface area contributed by atoms with Crippen molar-refractivity contribution in [1.29, 1.82) is 0 Å². The van der Waals surface area contributed by atoms with Gasteiger partial charge in [-0.25, -0.2) is 0 Å². The Hall–Kier alpha value is -0.870. The molecular weight excluding hydrogens is 304 g/mol. The number of amides is 1. The molecular formula is C15H21BrN2O. The van der Waals surface area contributed by atoms with Gasteiger partial charge in [0.25, 0.3) is 0 Å². The molecule has 0 aromatic heterocycles. The molecule has 2 rings (SSSR count). The van der Waals surface area contributed by atoms with Crippen LogP contribution >= 0.6 is 15.9 Å². The second kappa shape index (κ2) is 7.06. The standard InChI is InChI=1S/C15H21BrN2O/c1-18(11-14-7-2-3-8-17-14)15(19)10-12-5-4-6-13(16)9-12/h4-6,9,14,17H,2-3,7-8,10-11H2,1H3. The molecule has 1 aliphatic heterocycles. The lowest BCUT2D eigenvalue weighted by atomic mass is 10.0. The van der Waals surface area contributed by atoms with Crippen molar-refractivity contribution in [3.8, 4) is 0 Å². The second-order valence-electron chi connectivity index (χ2n) is 5.23. The Bertz CT molecular complexity index is 430. The summed E-state index contributed by atoms with van der Waals surface area (Å²) in [5.41, 5.74) is 1.06. The summed E-state index contributed by atoms with van der Waals surface area (Å²) in [6, 6.07) is 8.41. The predicted molar refractivity (Wildman–Crippen MR) is 81.1 cm³/mol. The summed E-state index contributed by atoms with van der Waals surface area (Å²) >= 11 is 3.43. The van der Waals surface area contributed by atoms with Gasteiger partial charge >= 0.3 is 0 Å². The van der Waals surface area contributed by atoms with Crippen LogP contribution < -0.4 is 5.32 Å². The van der Waals surface area contributed by atoms with Crippen molar-refractivity contribution >= 4 is 21.8 Å². The molecule has 0 spiro atoms. The van der Waals surface area contributed by atoms with Crippen LogP contribution in [0.1, 0.15) is 24.8 Å². The minimum absolute atomic E-state index is 0.186. The smallest absolute Gasteiger partial charge is 0.226 e. The van der Waals surface area contributed by atoms with Crippen LogP contribution in [0.15, 0.2) is 28.7 Å². The monoisotopic (exact) mass is 324 g/mol. The number of benzene rings is 1. The molecule has 1 amide bonds. The third kappa shape index (κ3) is 4.62. The number of likely N-dealkylation sites (N-methyl/N-ethyl adjacent to an activating group) is 1. The quantitative estimate of drug-likeness (QED) is 0.923. The first kappa shape index (κ1) is 14.5. The average molecular weight is 325 g/mol. The fourth-order valence-corrected chi connectivity index (χ4v) is 2.92. The number of piperidine rings is 1. The van der Waals surface area contributed by atoms with E-state index < -0.39 is 0 Å². The number of carbonyl (C=O) groups excluding carboxylic acids is 1. The van der Waals surface area contributed by atoms with E-state index in [2.05, 4.69) is 21.2 Å². The summed E-state index contributed by atoms with van der Waals surface area (Å²) in [4.78, 5) is 14.0. The van der Waals surface area contributed by atoms with E-state index in [4.69, 9.17) is 0 Å². The van der Waals surface area contributed by atoms with Crippen molar-refractivity contribution in [3.05, 3.63) is 34.3 Å². The summed E-state index contributed by atoms with van der Waals surface area (Å²) < 4.78 is 1.02. The molecule has 1 aliphatic rings. The van der Waals surface area contributed by atoms with Crippen LogP contribution in [-0.2, 0) is 11.2 Å². The van der Waals surface area contributed by atoms with E-state index in [0.29, 0.717) is 12.5 Å². The molecule has 1 unspecified atom stereocenters. The van der Waals surface area contributed by atoms with E-state index in [1.807, 2.05) is 36.2 Å². The number of nitrogens with zero attached hydrogens (tertiary/aromatic N) is 1. The molecule has 1 aromatic rings. The van der Waals surface area contributed by atoms with Crippen LogP contribution in [0.2, 0.25) is 0 Å². The van der Waals surface area contributed by atoms with Gasteiger partial charge in [-0.05, 0) is 37.1 Å². The van der Waals surface area contributed by atoms with Gasteiger partial charge in [-0.1, -0.05) is 34.5 Å². The third-order valence-corrected chi connectivity index (χ3v) is 4.07. The van der Waals surface area contributed by atoms with Gasteiger partial charge in [-0.3, -0.25) is 4.79 Å². The molecule has 0 saturated carbocycles. The largest absolute Gasteiger partial charge is 0.344 e. The van der Waals surface area contributed by atoms with Gasteiger partial charge in [0, 0.05) is 24.1 Å². The highest BCUT2D eigenvalue weighted by Gasteiger charge is 2.17. The van der Waals surface area contributed by atoms with Crippen molar-refractivity contribution < 1.29 is 4.79 Å². The molecule has 0 aliphatic carbocycles. The van der Waals surface area contributed by atoms with Crippen molar-refractivity contribution in [1.82, 2.24) is 10.2 Å². The van der Waals surface area contributed by atoms with Crippen LogP contribution in [0.25, 0.3) is 0 Å². The predicted octanol–water partition coefficient (Wildman–Crippen LogP) is 2.59.